The van der Waals surface area contributed by atoms with Gasteiger partial charge in [0, 0.05) is 19.7 Å². The maximum absolute atomic E-state index is 12.6. The normalized spacial score (nSPS) is 11.9. The third-order valence-corrected chi connectivity index (χ3v) is 3.33. The third-order valence-electron chi connectivity index (χ3n) is 3.33. The van der Waals surface area contributed by atoms with Crippen LogP contribution in [0.3, 0.4) is 0 Å². The second kappa shape index (κ2) is 8.48. The smallest absolute Gasteiger partial charge is 0.242 e. The molecule has 0 saturated carbocycles. The molecule has 0 aliphatic heterocycles. The van der Waals surface area contributed by atoms with E-state index in [4.69, 9.17) is 4.74 Å². The number of carbonyl (C=O) groups is 1. The predicted octanol–water partition coefficient (Wildman–Crippen LogP) is 2.04. The van der Waals surface area contributed by atoms with Gasteiger partial charge in [-0.05, 0) is 33.2 Å². The number of amides is 1. The first kappa shape index (κ1) is 17.4. The van der Waals surface area contributed by atoms with Crippen LogP contribution in [0, 0.1) is 0 Å². The number of carbonyl (C=O) groups excluding carboxylic acids is 1. The molecule has 0 bridgehead atoms. The van der Waals surface area contributed by atoms with Crippen molar-refractivity contribution in [1.82, 2.24) is 10.2 Å². The molecule has 1 amide bonds. The van der Waals surface area contributed by atoms with Crippen molar-refractivity contribution < 1.29 is 9.53 Å². The van der Waals surface area contributed by atoms with E-state index in [-0.39, 0.29) is 5.91 Å². The molecule has 0 saturated heterocycles. The minimum absolute atomic E-state index is 0.162. The second-order valence-electron chi connectivity index (χ2n) is 5.12. The van der Waals surface area contributed by atoms with Crippen LogP contribution < -0.4 is 5.32 Å². The van der Waals surface area contributed by atoms with Gasteiger partial charge in [0.05, 0.1) is 12.1 Å². The first-order chi connectivity index (χ1) is 8.44. The minimum atomic E-state index is -0.509. The zero-order chi connectivity index (χ0) is 14.2. The van der Waals surface area contributed by atoms with Crippen LogP contribution in [0.15, 0.2) is 0 Å². The van der Waals surface area contributed by atoms with Crippen LogP contribution in [0.25, 0.3) is 0 Å². The molecule has 4 nitrogen and oxygen atoms in total. The van der Waals surface area contributed by atoms with Crippen LogP contribution in [-0.2, 0) is 9.53 Å². The molecule has 0 fully saturated rings. The summed E-state index contributed by atoms with van der Waals surface area (Å²) in [7, 11) is 1.67. The summed E-state index contributed by atoms with van der Waals surface area (Å²) in [4.78, 5) is 14.6. The number of nitrogens with one attached hydrogen (secondary N) is 1. The minimum Gasteiger partial charge on any atom is -0.383 e. The van der Waals surface area contributed by atoms with Gasteiger partial charge in [0.15, 0.2) is 0 Å². The van der Waals surface area contributed by atoms with Crippen molar-refractivity contribution in [2.75, 3.05) is 26.8 Å². The van der Waals surface area contributed by atoms with Crippen molar-refractivity contribution in [2.24, 2.45) is 0 Å². The molecule has 0 rings (SSSR count). The summed E-state index contributed by atoms with van der Waals surface area (Å²) >= 11 is 0. The van der Waals surface area contributed by atoms with Gasteiger partial charge in [-0.3, -0.25) is 4.79 Å². The lowest BCUT2D eigenvalue weighted by atomic mass is 10.0. The van der Waals surface area contributed by atoms with Gasteiger partial charge >= 0.3 is 0 Å². The lowest BCUT2D eigenvalue weighted by molar-refractivity contribution is -0.140. The van der Waals surface area contributed by atoms with Crippen molar-refractivity contribution in [2.45, 2.75) is 59.0 Å². The van der Waals surface area contributed by atoms with Crippen molar-refractivity contribution in [3.8, 4) is 0 Å². The molecule has 0 aliphatic rings. The molecule has 1 N–H and O–H groups in total. The number of methoxy groups -OCH3 is 1. The fourth-order valence-electron chi connectivity index (χ4n) is 2.25. The molecular weight excluding hydrogens is 228 g/mol. The Morgan fingerprint density at radius 1 is 1.28 bits per heavy atom. The van der Waals surface area contributed by atoms with Gasteiger partial charge in [-0.15, -0.1) is 0 Å². The van der Waals surface area contributed by atoms with Crippen molar-refractivity contribution >= 4 is 5.91 Å². The number of nitrogens with zero attached hydrogens (tertiary/aromatic N) is 1. The van der Waals surface area contributed by atoms with Crippen molar-refractivity contribution in [3.63, 3.8) is 0 Å². The molecule has 0 heterocycles. The highest BCUT2D eigenvalue weighted by atomic mass is 16.5. The molecule has 0 unspecified atom stereocenters. The Labute approximate surface area is 112 Å². The Bertz CT molecular complexity index is 238. The number of rotatable bonds is 9. The van der Waals surface area contributed by atoms with E-state index < -0.39 is 5.54 Å². The van der Waals surface area contributed by atoms with Gasteiger partial charge < -0.3 is 15.0 Å². The van der Waals surface area contributed by atoms with E-state index in [0.717, 1.165) is 19.4 Å². The predicted molar refractivity (Wildman–Crippen MR) is 75.7 cm³/mol. The summed E-state index contributed by atoms with van der Waals surface area (Å²) in [5, 5.41) is 3.25. The van der Waals surface area contributed by atoms with Crippen LogP contribution in [0.4, 0.5) is 0 Å². The van der Waals surface area contributed by atoms with Crippen molar-refractivity contribution in [1.29, 1.82) is 0 Å². The molecule has 0 atom stereocenters. The summed E-state index contributed by atoms with van der Waals surface area (Å²) in [6.07, 6.45) is 1.96. The lowest BCUT2D eigenvalue weighted by Gasteiger charge is -2.37. The summed E-state index contributed by atoms with van der Waals surface area (Å²) in [6, 6.07) is 0.297. The first-order valence-corrected chi connectivity index (χ1v) is 6.99. The average molecular weight is 258 g/mol. The van der Waals surface area contributed by atoms with Crippen LogP contribution in [0.5, 0.6) is 0 Å². The lowest BCUT2D eigenvalue weighted by Crippen LogP contribution is -2.57. The zero-order valence-corrected chi connectivity index (χ0v) is 12.9. The van der Waals surface area contributed by atoms with Gasteiger partial charge in [0.1, 0.15) is 0 Å². The van der Waals surface area contributed by atoms with Crippen LogP contribution in [0.2, 0.25) is 0 Å². The monoisotopic (exact) mass is 258 g/mol. The van der Waals surface area contributed by atoms with E-state index in [1.165, 1.54) is 0 Å². The first-order valence-electron chi connectivity index (χ1n) is 6.99. The quantitative estimate of drug-likeness (QED) is 0.688. The standard InChI is InChI=1S/C14H30N2O2/c1-7-12(8-2)16(10-11-18-6)13(17)14(4,5)15-9-3/h12,15H,7-11H2,1-6H3. The van der Waals surface area contributed by atoms with Gasteiger partial charge in [0.25, 0.3) is 0 Å². The van der Waals surface area contributed by atoms with Crippen LogP contribution >= 0.6 is 0 Å². The molecule has 0 aromatic carbocycles. The Hall–Kier alpha value is -0.610. The number of hydrogen-bond donors (Lipinski definition) is 1. The van der Waals surface area contributed by atoms with Gasteiger partial charge in [-0.25, -0.2) is 0 Å². The average Bonchev–Trinajstić information content (AvgIpc) is 2.33. The number of likely N-dealkylation sites (N-methyl/N-ethyl adjacent to an activating group) is 1. The summed E-state index contributed by atoms with van der Waals surface area (Å²) < 4.78 is 5.12. The fraction of sp³-hybridized carbons (Fsp3) is 0.929. The van der Waals surface area contributed by atoms with E-state index in [0.29, 0.717) is 19.2 Å². The Balaban J connectivity index is 4.87. The van der Waals surface area contributed by atoms with E-state index in [1.807, 2.05) is 25.7 Å². The van der Waals surface area contributed by atoms with E-state index >= 15 is 0 Å². The summed E-state index contributed by atoms with van der Waals surface area (Å²) in [5.74, 6) is 0.162. The van der Waals surface area contributed by atoms with Gasteiger partial charge in [0.2, 0.25) is 5.91 Å². The molecule has 0 aromatic heterocycles. The molecule has 4 heteroatoms. The summed E-state index contributed by atoms with van der Waals surface area (Å²) in [5.41, 5.74) is -0.509. The van der Waals surface area contributed by atoms with Crippen molar-refractivity contribution in [3.05, 3.63) is 0 Å². The molecule has 108 valence electrons. The molecule has 18 heavy (non-hydrogen) atoms. The Morgan fingerprint density at radius 3 is 2.22 bits per heavy atom. The molecule has 0 radical (unpaired) electrons. The molecule has 0 aromatic rings. The molecular formula is C14H30N2O2. The third kappa shape index (κ3) is 4.94. The maximum Gasteiger partial charge on any atom is 0.242 e. The maximum atomic E-state index is 12.6. The SMILES string of the molecule is CCNC(C)(C)C(=O)N(CCOC)C(CC)CC. The van der Waals surface area contributed by atoms with Gasteiger partial charge in [-0.2, -0.15) is 0 Å². The number of hydrogen-bond acceptors (Lipinski definition) is 3. The van der Waals surface area contributed by atoms with E-state index in [9.17, 15) is 4.79 Å². The fourth-order valence-corrected chi connectivity index (χ4v) is 2.25. The summed E-state index contributed by atoms with van der Waals surface area (Å²) in [6.45, 7) is 12.2. The topological polar surface area (TPSA) is 41.6 Å². The highest BCUT2D eigenvalue weighted by Crippen LogP contribution is 2.15. The number of ether oxygens (including phenoxy) is 1. The largest absolute Gasteiger partial charge is 0.383 e. The second-order valence-corrected chi connectivity index (χ2v) is 5.12. The van der Waals surface area contributed by atoms with E-state index in [2.05, 4.69) is 19.2 Å². The Morgan fingerprint density at radius 2 is 1.83 bits per heavy atom. The highest BCUT2D eigenvalue weighted by Gasteiger charge is 2.33. The Kier molecular flexibility index (Phi) is 8.20. The van der Waals surface area contributed by atoms with Crippen LogP contribution in [0.1, 0.15) is 47.5 Å². The highest BCUT2D eigenvalue weighted by molar-refractivity contribution is 5.85. The van der Waals surface area contributed by atoms with E-state index in [1.54, 1.807) is 7.11 Å². The van der Waals surface area contributed by atoms with Gasteiger partial charge in [-0.1, -0.05) is 20.8 Å². The molecule has 0 aliphatic carbocycles. The molecule has 0 spiro atoms. The zero-order valence-electron chi connectivity index (χ0n) is 12.9. The van der Waals surface area contributed by atoms with Crippen LogP contribution in [-0.4, -0.2) is 49.2 Å².